The van der Waals surface area contributed by atoms with Crippen molar-refractivity contribution in [3.8, 4) is 0 Å². The van der Waals surface area contributed by atoms with Crippen LogP contribution in [0, 0.1) is 5.82 Å². The summed E-state index contributed by atoms with van der Waals surface area (Å²) < 4.78 is 13.1. The van der Waals surface area contributed by atoms with Crippen molar-refractivity contribution in [3.05, 3.63) is 64.9 Å². The summed E-state index contributed by atoms with van der Waals surface area (Å²) in [5.74, 6) is -1.85. The molecule has 8 heteroatoms. The van der Waals surface area contributed by atoms with Crippen LogP contribution in [0.2, 0.25) is 5.02 Å². The summed E-state index contributed by atoms with van der Waals surface area (Å²) in [5, 5.41) is 5.37. The Labute approximate surface area is 154 Å². The molecule has 2 N–H and O–H groups in total. The fourth-order valence-corrected chi connectivity index (χ4v) is 2.28. The van der Waals surface area contributed by atoms with Crippen LogP contribution in [0.25, 0.3) is 0 Å². The lowest BCUT2D eigenvalue weighted by molar-refractivity contribution is -0.132. The molecule has 2 aromatic carbocycles. The SMILES string of the molecule is CN(CC(=O)Nc1cccc(F)c1)C(=O)CNC(=O)c1cccc(Cl)c1. The molecule has 6 nitrogen and oxygen atoms in total. The van der Waals surface area contributed by atoms with Gasteiger partial charge >= 0.3 is 0 Å². The highest BCUT2D eigenvalue weighted by Crippen LogP contribution is 2.10. The Hall–Kier alpha value is -2.93. The van der Waals surface area contributed by atoms with Crippen molar-refractivity contribution in [1.82, 2.24) is 10.2 Å². The number of likely N-dealkylation sites (N-methyl/N-ethyl adjacent to an activating group) is 1. The zero-order chi connectivity index (χ0) is 19.1. The van der Waals surface area contributed by atoms with Crippen LogP contribution < -0.4 is 10.6 Å². The van der Waals surface area contributed by atoms with E-state index in [1.54, 1.807) is 18.2 Å². The molecule has 0 atom stereocenters. The molecular formula is C18H17ClFN3O3. The number of amides is 3. The van der Waals surface area contributed by atoms with Gasteiger partial charge in [0, 0.05) is 23.3 Å². The quantitative estimate of drug-likeness (QED) is 0.810. The predicted octanol–water partition coefficient (Wildman–Crippen LogP) is 2.31. The molecule has 26 heavy (non-hydrogen) atoms. The first-order valence-electron chi connectivity index (χ1n) is 7.68. The highest BCUT2D eigenvalue weighted by molar-refractivity contribution is 6.31. The van der Waals surface area contributed by atoms with E-state index in [9.17, 15) is 18.8 Å². The van der Waals surface area contributed by atoms with Crippen molar-refractivity contribution in [3.63, 3.8) is 0 Å². The van der Waals surface area contributed by atoms with Crippen molar-refractivity contribution in [2.24, 2.45) is 0 Å². The molecular weight excluding hydrogens is 361 g/mol. The normalized spacial score (nSPS) is 10.1. The Morgan fingerprint density at radius 2 is 1.85 bits per heavy atom. The topological polar surface area (TPSA) is 78.5 Å². The predicted molar refractivity (Wildman–Crippen MR) is 96.5 cm³/mol. The third-order valence-electron chi connectivity index (χ3n) is 3.40. The molecule has 0 aromatic heterocycles. The van der Waals surface area contributed by atoms with E-state index in [1.165, 1.54) is 37.4 Å². The van der Waals surface area contributed by atoms with Crippen molar-refractivity contribution < 1.29 is 18.8 Å². The zero-order valence-electron chi connectivity index (χ0n) is 14.0. The van der Waals surface area contributed by atoms with Gasteiger partial charge in [-0.3, -0.25) is 14.4 Å². The number of carbonyl (C=O) groups excluding carboxylic acids is 3. The number of hydrogen-bond acceptors (Lipinski definition) is 3. The summed E-state index contributed by atoms with van der Waals surface area (Å²) in [7, 11) is 1.43. The average molecular weight is 378 g/mol. The van der Waals surface area contributed by atoms with Crippen LogP contribution in [0.3, 0.4) is 0 Å². The van der Waals surface area contributed by atoms with Crippen LogP contribution in [-0.2, 0) is 9.59 Å². The zero-order valence-corrected chi connectivity index (χ0v) is 14.7. The van der Waals surface area contributed by atoms with Crippen molar-refractivity contribution >= 4 is 35.0 Å². The van der Waals surface area contributed by atoms with Gasteiger partial charge in [0.2, 0.25) is 11.8 Å². The van der Waals surface area contributed by atoms with Crippen LogP contribution in [0.4, 0.5) is 10.1 Å². The first-order chi connectivity index (χ1) is 12.3. The van der Waals surface area contributed by atoms with Gasteiger partial charge in [0.05, 0.1) is 13.1 Å². The molecule has 0 spiro atoms. The van der Waals surface area contributed by atoms with Crippen LogP contribution in [0.1, 0.15) is 10.4 Å². The van der Waals surface area contributed by atoms with Gasteiger partial charge in [-0.05, 0) is 36.4 Å². The molecule has 0 aliphatic carbocycles. The summed E-state index contributed by atoms with van der Waals surface area (Å²) in [5.41, 5.74) is 0.627. The Morgan fingerprint density at radius 1 is 1.12 bits per heavy atom. The molecule has 0 aliphatic heterocycles. The van der Waals surface area contributed by atoms with Crippen LogP contribution in [0.5, 0.6) is 0 Å². The second-order valence-electron chi connectivity index (χ2n) is 5.50. The lowest BCUT2D eigenvalue weighted by Gasteiger charge is -2.17. The molecule has 2 rings (SSSR count). The summed E-state index contributed by atoms with van der Waals surface area (Å²) in [6.45, 7) is -0.503. The number of carbonyl (C=O) groups is 3. The van der Waals surface area contributed by atoms with Crippen molar-refractivity contribution in [2.75, 3.05) is 25.5 Å². The molecule has 0 unspecified atom stereocenters. The number of hydrogen-bond donors (Lipinski definition) is 2. The Balaban J connectivity index is 1.81. The van der Waals surface area contributed by atoms with Gasteiger partial charge in [0.15, 0.2) is 0 Å². The van der Waals surface area contributed by atoms with E-state index in [-0.39, 0.29) is 13.1 Å². The molecule has 0 heterocycles. The number of halogens is 2. The maximum atomic E-state index is 13.1. The Morgan fingerprint density at radius 3 is 2.54 bits per heavy atom. The van der Waals surface area contributed by atoms with E-state index in [1.807, 2.05) is 0 Å². The van der Waals surface area contributed by atoms with E-state index in [0.717, 1.165) is 4.90 Å². The number of nitrogens with one attached hydrogen (secondary N) is 2. The summed E-state index contributed by atoms with van der Waals surface area (Å²) in [6, 6.07) is 11.7. The second kappa shape index (κ2) is 8.96. The van der Waals surface area contributed by atoms with E-state index in [0.29, 0.717) is 16.3 Å². The third-order valence-corrected chi connectivity index (χ3v) is 3.64. The summed E-state index contributed by atoms with van der Waals surface area (Å²) in [4.78, 5) is 37.1. The molecule has 0 fully saturated rings. The summed E-state index contributed by atoms with van der Waals surface area (Å²) in [6.07, 6.45) is 0. The smallest absolute Gasteiger partial charge is 0.251 e. The maximum Gasteiger partial charge on any atom is 0.251 e. The van der Waals surface area contributed by atoms with Gasteiger partial charge in [-0.1, -0.05) is 23.7 Å². The minimum absolute atomic E-state index is 0.234. The van der Waals surface area contributed by atoms with E-state index < -0.39 is 23.5 Å². The Kier molecular flexibility index (Phi) is 6.68. The number of rotatable bonds is 6. The molecule has 0 bridgehead atoms. The average Bonchev–Trinajstić information content (AvgIpc) is 2.59. The van der Waals surface area contributed by atoms with Gasteiger partial charge in [0.25, 0.3) is 5.91 Å². The standard InChI is InChI=1S/C18H17ClFN3O3/c1-23(11-16(24)22-15-7-3-6-14(20)9-15)17(25)10-21-18(26)12-4-2-5-13(19)8-12/h2-9H,10-11H2,1H3,(H,21,26)(H,22,24). The number of anilines is 1. The fourth-order valence-electron chi connectivity index (χ4n) is 2.09. The first kappa shape index (κ1) is 19.4. The number of nitrogens with zero attached hydrogens (tertiary/aromatic N) is 1. The largest absolute Gasteiger partial charge is 0.343 e. The monoisotopic (exact) mass is 377 g/mol. The third kappa shape index (κ3) is 5.86. The molecule has 0 aliphatic rings. The number of benzene rings is 2. The molecule has 2 aromatic rings. The lowest BCUT2D eigenvalue weighted by atomic mass is 10.2. The first-order valence-corrected chi connectivity index (χ1v) is 8.06. The molecule has 0 radical (unpaired) electrons. The van der Waals surface area contributed by atoms with Gasteiger partial charge < -0.3 is 15.5 Å². The Bertz CT molecular complexity index is 829. The fraction of sp³-hybridized carbons (Fsp3) is 0.167. The lowest BCUT2D eigenvalue weighted by Crippen LogP contribution is -2.41. The van der Waals surface area contributed by atoms with Gasteiger partial charge in [-0.25, -0.2) is 4.39 Å². The summed E-state index contributed by atoms with van der Waals surface area (Å²) >= 11 is 5.81. The second-order valence-corrected chi connectivity index (χ2v) is 5.94. The van der Waals surface area contributed by atoms with E-state index in [2.05, 4.69) is 10.6 Å². The molecule has 0 saturated heterocycles. The van der Waals surface area contributed by atoms with Crippen LogP contribution >= 0.6 is 11.6 Å². The highest BCUT2D eigenvalue weighted by atomic mass is 35.5. The minimum atomic E-state index is -0.479. The van der Waals surface area contributed by atoms with Crippen molar-refractivity contribution in [2.45, 2.75) is 0 Å². The van der Waals surface area contributed by atoms with Crippen LogP contribution in [-0.4, -0.2) is 42.8 Å². The van der Waals surface area contributed by atoms with E-state index >= 15 is 0 Å². The van der Waals surface area contributed by atoms with Gasteiger partial charge in [-0.2, -0.15) is 0 Å². The minimum Gasteiger partial charge on any atom is -0.343 e. The maximum absolute atomic E-state index is 13.1. The van der Waals surface area contributed by atoms with Crippen molar-refractivity contribution in [1.29, 1.82) is 0 Å². The van der Waals surface area contributed by atoms with E-state index in [4.69, 9.17) is 11.6 Å². The molecule has 3 amide bonds. The van der Waals surface area contributed by atoms with Gasteiger partial charge in [0.1, 0.15) is 5.82 Å². The van der Waals surface area contributed by atoms with Gasteiger partial charge in [-0.15, -0.1) is 0 Å². The highest BCUT2D eigenvalue weighted by Gasteiger charge is 2.15. The molecule has 0 saturated carbocycles. The molecule has 136 valence electrons. The van der Waals surface area contributed by atoms with Crippen LogP contribution in [0.15, 0.2) is 48.5 Å².